The Hall–Kier alpha value is -2.37. The van der Waals surface area contributed by atoms with E-state index in [0.29, 0.717) is 42.7 Å². The van der Waals surface area contributed by atoms with E-state index in [2.05, 4.69) is 17.3 Å². The van der Waals surface area contributed by atoms with Crippen LogP contribution in [0.3, 0.4) is 0 Å². The fraction of sp³-hybridized carbons (Fsp3) is 0.300. The summed E-state index contributed by atoms with van der Waals surface area (Å²) in [6, 6.07) is 17.9. The highest BCUT2D eigenvalue weighted by atomic mass is 35.5. The lowest BCUT2D eigenvalue weighted by Crippen LogP contribution is -2.31. The molecule has 0 unspecified atom stereocenters. The molecule has 0 spiro atoms. The Morgan fingerprint density at radius 3 is 2.62 bits per heavy atom. The predicted molar refractivity (Wildman–Crippen MR) is 103 cm³/mol. The number of rotatable bonds is 4. The second-order valence-electron chi connectivity index (χ2n) is 6.61. The molecule has 1 aliphatic heterocycles. The van der Waals surface area contributed by atoms with Crippen LogP contribution in [0.5, 0.6) is 0 Å². The van der Waals surface area contributed by atoms with Crippen molar-refractivity contribution in [1.29, 1.82) is 0 Å². The molecule has 0 radical (unpaired) electrons. The van der Waals surface area contributed by atoms with Gasteiger partial charge in [0.15, 0.2) is 5.58 Å². The summed E-state index contributed by atoms with van der Waals surface area (Å²) in [7, 11) is 0. The number of benzene rings is 2. The highest BCUT2D eigenvalue weighted by Crippen LogP contribution is 2.32. The van der Waals surface area contributed by atoms with Gasteiger partial charge in [0.25, 0.3) is 0 Å². The topological polar surface area (TPSA) is 72.4 Å². The minimum atomic E-state index is 0. The summed E-state index contributed by atoms with van der Waals surface area (Å²) in [6.45, 7) is 1.99. The van der Waals surface area contributed by atoms with Crippen LogP contribution in [0, 0.1) is 5.92 Å². The van der Waals surface area contributed by atoms with Crippen LogP contribution < -0.4 is 5.73 Å². The largest absolute Gasteiger partial charge is 0.356 e. The quantitative estimate of drug-likeness (QED) is 0.765. The van der Waals surface area contributed by atoms with Gasteiger partial charge < -0.3 is 15.2 Å². The van der Waals surface area contributed by atoms with Gasteiger partial charge in [-0.2, -0.15) is 0 Å². The Balaban J connectivity index is 0.00000196. The van der Waals surface area contributed by atoms with Crippen LogP contribution in [0.1, 0.15) is 17.2 Å². The monoisotopic (exact) mass is 371 g/mol. The van der Waals surface area contributed by atoms with E-state index >= 15 is 0 Å². The zero-order valence-corrected chi connectivity index (χ0v) is 15.2. The minimum absolute atomic E-state index is 0. The molecule has 136 valence electrons. The van der Waals surface area contributed by atoms with Gasteiger partial charge in [0.05, 0.1) is 6.42 Å². The van der Waals surface area contributed by atoms with Crippen molar-refractivity contribution in [2.24, 2.45) is 11.7 Å². The number of likely N-dealkylation sites (tertiary alicyclic amines) is 1. The van der Waals surface area contributed by atoms with Crippen LogP contribution in [-0.2, 0) is 11.2 Å². The van der Waals surface area contributed by atoms with Gasteiger partial charge >= 0.3 is 0 Å². The smallest absolute Gasteiger partial charge is 0.228 e. The number of carbonyl (C=O) groups is 1. The first-order valence-electron chi connectivity index (χ1n) is 8.62. The van der Waals surface area contributed by atoms with Crippen LogP contribution in [0.15, 0.2) is 59.1 Å². The molecule has 1 saturated heterocycles. The first-order valence-corrected chi connectivity index (χ1v) is 8.62. The van der Waals surface area contributed by atoms with Crippen molar-refractivity contribution in [3.63, 3.8) is 0 Å². The third-order valence-electron chi connectivity index (χ3n) is 5.10. The summed E-state index contributed by atoms with van der Waals surface area (Å²) in [5.74, 6) is 0.667. The van der Waals surface area contributed by atoms with Gasteiger partial charge in [-0.25, -0.2) is 0 Å². The summed E-state index contributed by atoms with van der Waals surface area (Å²) in [5.41, 5.74) is 8.64. The lowest BCUT2D eigenvalue weighted by atomic mass is 9.89. The number of halogens is 1. The molecule has 26 heavy (non-hydrogen) atoms. The molecule has 2 heterocycles. The summed E-state index contributed by atoms with van der Waals surface area (Å²) in [5, 5.41) is 4.98. The molecule has 1 aromatic heterocycles. The van der Waals surface area contributed by atoms with Gasteiger partial charge in [0.2, 0.25) is 5.91 Å². The van der Waals surface area contributed by atoms with Crippen LogP contribution in [0.25, 0.3) is 11.0 Å². The molecule has 6 heteroatoms. The summed E-state index contributed by atoms with van der Waals surface area (Å²) < 4.78 is 5.30. The van der Waals surface area contributed by atoms with Gasteiger partial charge in [-0.05, 0) is 30.2 Å². The Bertz CT molecular complexity index is 881. The molecule has 2 aromatic carbocycles. The van der Waals surface area contributed by atoms with E-state index in [1.165, 1.54) is 5.56 Å². The molecule has 0 saturated carbocycles. The SMILES string of the molecule is Cl.NC[C@@H]1CN(C(=O)Cc2noc3ccccc23)C[C@H]1c1ccccc1. The molecule has 3 aromatic rings. The average molecular weight is 372 g/mol. The van der Waals surface area contributed by atoms with E-state index in [4.69, 9.17) is 10.3 Å². The Kier molecular flexibility index (Phi) is 5.59. The molecule has 2 N–H and O–H groups in total. The zero-order valence-electron chi connectivity index (χ0n) is 14.4. The van der Waals surface area contributed by atoms with Gasteiger partial charge in [0.1, 0.15) is 5.69 Å². The molecule has 1 aliphatic rings. The minimum Gasteiger partial charge on any atom is -0.356 e. The summed E-state index contributed by atoms with van der Waals surface area (Å²) in [4.78, 5) is 14.7. The van der Waals surface area contributed by atoms with Crippen molar-refractivity contribution in [2.45, 2.75) is 12.3 Å². The van der Waals surface area contributed by atoms with E-state index in [0.717, 1.165) is 5.39 Å². The molecule has 5 nitrogen and oxygen atoms in total. The van der Waals surface area contributed by atoms with E-state index < -0.39 is 0 Å². The lowest BCUT2D eigenvalue weighted by Gasteiger charge is -2.16. The van der Waals surface area contributed by atoms with Gasteiger partial charge in [-0.1, -0.05) is 47.6 Å². The fourth-order valence-electron chi connectivity index (χ4n) is 3.71. The molecular weight excluding hydrogens is 350 g/mol. The Morgan fingerprint density at radius 2 is 1.85 bits per heavy atom. The summed E-state index contributed by atoms with van der Waals surface area (Å²) >= 11 is 0. The maximum absolute atomic E-state index is 12.8. The number of carbonyl (C=O) groups excluding carboxylic acids is 1. The zero-order chi connectivity index (χ0) is 17.2. The van der Waals surface area contributed by atoms with Crippen molar-refractivity contribution in [3.05, 3.63) is 65.9 Å². The first-order chi connectivity index (χ1) is 12.3. The molecule has 0 bridgehead atoms. The van der Waals surface area contributed by atoms with Crippen molar-refractivity contribution in [1.82, 2.24) is 10.1 Å². The lowest BCUT2D eigenvalue weighted by molar-refractivity contribution is -0.129. The number of amides is 1. The molecule has 4 rings (SSSR count). The van der Waals surface area contributed by atoms with Crippen molar-refractivity contribution in [2.75, 3.05) is 19.6 Å². The normalized spacial score (nSPS) is 19.5. The van der Waals surface area contributed by atoms with Gasteiger partial charge in [0, 0.05) is 24.4 Å². The van der Waals surface area contributed by atoms with Crippen LogP contribution in [0.4, 0.5) is 0 Å². The third kappa shape index (κ3) is 3.45. The van der Waals surface area contributed by atoms with Crippen LogP contribution in [-0.4, -0.2) is 35.6 Å². The third-order valence-corrected chi connectivity index (χ3v) is 5.10. The Labute approximate surface area is 158 Å². The number of aromatic nitrogens is 1. The van der Waals surface area contributed by atoms with Crippen molar-refractivity contribution < 1.29 is 9.32 Å². The molecule has 0 aliphatic carbocycles. The Morgan fingerprint density at radius 1 is 1.12 bits per heavy atom. The maximum Gasteiger partial charge on any atom is 0.228 e. The molecular formula is C20H22ClN3O2. The van der Waals surface area contributed by atoms with Gasteiger partial charge in [-0.15, -0.1) is 12.4 Å². The predicted octanol–water partition coefficient (Wildman–Crippen LogP) is 2.99. The van der Waals surface area contributed by atoms with E-state index in [9.17, 15) is 4.79 Å². The average Bonchev–Trinajstić information content (AvgIpc) is 3.27. The maximum atomic E-state index is 12.8. The van der Waals surface area contributed by atoms with Crippen molar-refractivity contribution in [3.8, 4) is 0 Å². The molecule has 1 fully saturated rings. The number of para-hydroxylation sites is 1. The van der Waals surface area contributed by atoms with Crippen LogP contribution in [0.2, 0.25) is 0 Å². The fourth-order valence-corrected chi connectivity index (χ4v) is 3.71. The standard InChI is InChI=1S/C20H21N3O2.ClH/c21-11-15-12-23(13-17(15)14-6-2-1-3-7-14)20(24)10-18-16-8-4-5-9-19(16)25-22-18;/h1-9,15,17H,10-13,21H2;1H/t15-,17+;/m1./s1. The van der Waals surface area contributed by atoms with E-state index in [-0.39, 0.29) is 24.7 Å². The second-order valence-corrected chi connectivity index (χ2v) is 6.61. The number of hydrogen-bond donors (Lipinski definition) is 1. The van der Waals surface area contributed by atoms with E-state index in [1.807, 2.05) is 47.4 Å². The highest BCUT2D eigenvalue weighted by Gasteiger charge is 2.35. The number of nitrogens with two attached hydrogens (primary N) is 1. The number of hydrogen-bond acceptors (Lipinski definition) is 4. The van der Waals surface area contributed by atoms with Crippen molar-refractivity contribution >= 4 is 29.3 Å². The highest BCUT2D eigenvalue weighted by molar-refractivity contribution is 5.86. The van der Waals surface area contributed by atoms with Gasteiger partial charge in [-0.3, -0.25) is 4.79 Å². The molecule has 2 atom stereocenters. The summed E-state index contributed by atoms with van der Waals surface area (Å²) in [6.07, 6.45) is 0.260. The van der Waals surface area contributed by atoms with E-state index in [1.54, 1.807) is 0 Å². The van der Waals surface area contributed by atoms with Crippen LogP contribution >= 0.6 is 12.4 Å². The second kappa shape index (κ2) is 7.89. The first kappa shape index (κ1) is 18.4. The molecule has 1 amide bonds. The number of nitrogens with zero attached hydrogens (tertiary/aromatic N) is 2. The number of fused-ring (bicyclic) bond motifs is 1.